The van der Waals surface area contributed by atoms with Crippen LogP contribution in [0.3, 0.4) is 0 Å². The molecule has 1 rings (SSSR count). The van der Waals surface area contributed by atoms with Crippen LogP contribution in [0.4, 0.5) is 0 Å². The largest absolute Gasteiger partial charge is 0.394 e. The average molecular weight is 246 g/mol. The van der Waals surface area contributed by atoms with Gasteiger partial charge in [0, 0.05) is 12.3 Å². The molecule has 0 saturated carbocycles. The second-order valence-electron chi connectivity index (χ2n) is 3.35. The highest BCUT2D eigenvalue weighted by molar-refractivity contribution is 4.81. The second kappa shape index (κ2) is 6.30. The van der Waals surface area contributed by atoms with Gasteiger partial charge in [0.25, 0.3) is 5.56 Å². The van der Waals surface area contributed by atoms with Crippen molar-refractivity contribution >= 4 is 0 Å². The fourth-order valence-corrected chi connectivity index (χ4v) is 1.12. The fourth-order valence-electron chi connectivity index (χ4n) is 1.12. The predicted octanol–water partition coefficient (Wildman–Crippen LogP) is -2.78. The molecule has 1 unspecified atom stereocenters. The van der Waals surface area contributed by atoms with E-state index in [1.807, 2.05) is 4.98 Å². The number of aromatic nitrogens is 2. The summed E-state index contributed by atoms with van der Waals surface area (Å²) in [5.41, 5.74) is -1.19. The first-order valence-corrected chi connectivity index (χ1v) is 4.89. The molecule has 1 heterocycles. The number of aliphatic hydroxyl groups is 3. The molecule has 4 N–H and O–H groups in total. The summed E-state index contributed by atoms with van der Waals surface area (Å²) in [6.07, 6.45) is -1.02. The van der Waals surface area contributed by atoms with E-state index in [9.17, 15) is 14.7 Å². The molecule has 0 aliphatic carbocycles. The van der Waals surface area contributed by atoms with Crippen molar-refractivity contribution in [2.75, 3.05) is 13.2 Å². The van der Waals surface area contributed by atoms with Gasteiger partial charge in [0.2, 0.25) is 0 Å². The third-order valence-corrected chi connectivity index (χ3v) is 2.12. The molecule has 96 valence electrons. The van der Waals surface area contributed by atoms with Crippen LogP contribution < -0.4 is 11.2 Å². The molecule has 0 aliphatic heterocycles. The number of ether oxygens (including phenoxy) is 1. The first-order valence-electron chi connectivity index (χ1n) is 4.89. The number of aromatic amines is 1. The molecule has 0 spiro atoms. The van der Waals surface area contributed by atoms with E-state index in [4.69, 9.17) is 14.9 Å². The molecular weight excluding hydrogens is 232 g/mol. The van der Waals surface area contributed by atoms with E-state index in [1.54, 1.807) is 0 Å². The van der Waals surface area contributed by atoms with Crippen molar-refractivity contribution in [2.45, 2.75) is 18.9 Å². The Balaban J connectivity index is 2.66. The first-order chi connectivity index (χ1) is 8.08. The lowest BCUT2D eigenvalue weighted by molar-refractivity contribution is -0.101. The lowest BCUT2D eigenvalue weighted by atomic mass is 10.2. The van der Waals surface area contributed by atoms with Gasteiger partial charge < -0.3 is 20.1 Å². The molecule has 0 bridgehead atoms. The van der Waals surface area contributed by atoms with Crippen LogP contribution in [0.1, 0.15) is 0 Å². The van der Waals surface area contributed by atoms with E-state index < -0.39 is 36.7 Å². The Bertz CT molecular complexity index is 453. The molecule has 1 aromatic heterocycles. The highest BCUT2D eigenvalue weighted by Crippen LogP contribution is 1.99. The number of H-pyrrole nitrogens is 1. The quantitative estimate of drug-likeness (QED) is 0.430. The van der Waals surface area contributed by atoms with Crippen molar-refractivity contribution in [2.24, 2.45) is 0 Å². The molecule has 0 radical (unpaired) electrons. The smallest absolute Gasteiger partial charge is 0.330 e. The minimum Gasteiger partial charge on any atom is -0.394 e. The molecule has 0 saturated heterocycles. The molecule has 1 aromatic rings. The minimum absolute atomic E-state index is 0.252. The van der Waals surface area contributed by atoms with E-state index in [0.717, 1.165) is 10.6 Å². The zero-order valence-electron chi connectivity index (χ0n) is 8.94. The topological polar surface area (TPSA) is 125 Å². The average Bonchev–Trinajstić information content (AvgIpc) is 2.31. The zero-order valence-corrected chi connectivity index (χ0v) is 8.94. The maximum atomic E-state index is 11.2. The van der Waals surface area contributed by atoms with Crippen LogP contribution in [0.15, 0.2) is 21.9 Å². The Labute approximate surface area is 95.7 Å². The van der Waals surface area contributed by atoms with E-state index >= 15 is 0 Å². The highest BCUT2D eigenvalue weighted by atomic mass is 16.5. The molecule has 17 heavy (non-hydrogen) atoms. The Morgan fingerprint density at radius 1 is 1.35 bits per heavy atom. The predicted molar refractivity (Wildman–Crippen MR) is 56.4 cm³/mol. The van der Waals surface area contributed by atoms with E-state index in [2.05, 4.69) is 0 Å². The number of aliphatic hydroxyl groups excluding tert-OH is 3. The van der Waals surface area contributed by atoms with Crippen molar-refractivity contribution < 1.29 is 20.1 Å². The second-order valence-corrected chi connectivity index (χ2v) is 3.35. The van der Waals surface area contributed by atoms with Crippen LogP contribution in [0, 0.1) is 0 Å². The molecule has 0 aliphatic rings. The SMILES string of the molecule is O=c1ccn(CO[C@H](CO)C(O)CO)c(=O)[nH]1. The molecule has 0 amide bonds. The first kappa shape index (κ1) is 13.6. The zero-order chi connectivity index (χ0) is 12.8. The summed E-state index contributed by atoms with van der Waals surface area (Å²) in [7, 11) is 0. The van der Waals surface area contributed by atoms with Gasteiger partial charge in [-0.05, 0) is 0 Å². The number of nitrogens with one attached hydrogen (secondary N) is 1. The maximum absolute atomic E-state index is 11.2. The number of nitrogens with zero attached hydrogens (tertiary/aromatic N) is 1. The number of rotatable bonds is 6. The maximum Gasteiger partial charge on any atom is 0.330 e. The van der Waals surface area contributed by atoms with Crippen LogP contribution in [-0.2, 0) is 11.5 Å². The van der Waals surface area contributed by atoms with Crippen molar-refractivity contribution in [3.63, 3.8) is 0 Å². The number of hydrogen-bond donors (Lipinski definition) is 4. The summed E-state index contributed by atoms with van der Waals surface area (Å²) < 4.78 is 6.08. The van der Waals surface area contributed by atoms with Gasteiger partial charge in [-0.2, -0.15) is 0 Å². The molecule has 0 fully saturated rings. The molecule has 8 heteroatoms. The van der Waals surface area contributed by atoms with Gasteiger partial charge in [-0.3, -0.25) is 14.3 Å². The highest BCUT2D eigenvalue weighted by Gasteiger charge is 2.18. The third-order valence-electron chi connectivity index (χ3n) is 2.12. The van der Waals surface area contributed by atoms with Crippen LogP contribution in [0.25, 0.3) is 0 Å². The standard InChI is InChI=1S/C9H14N2O6/c12-3-6(14)7(4-13)17-5-11-2-1-8(15)10-9(11)16/h1-2,6-7,12-14H,3-5H2,(H,10,15,16)/t6?,7-/m1/s1. The molecular formula is C9H14N2O6. The van der Waals surface area contributed by atoms with Crippen LogP contribution in [0.5, 0.6) is 0 Å². The Morgan fingerprint density at radius 2 is 2.06 bits per heavy atom. The van der Waals surface area contributed by atoms with Gasteiger partial charge in [-0.15, -0.1) is 0 Å². The molecule has 2 atom stereocenters. The van der Waals surface area contributed by atoms with Gasteiger partial charge in [0.05, 0.1) is 13.2 Å². The van der Waals surface area contributed by atoms with Crippen molar-refractivity contribution in [1.82, 2.24) is 9.55 Å². The van der Waals surface area contributed by atoms with E-state index in [-0.39, 0.29) is 6.73 Å². The van der Waals surface area contributed by atoms with Gasteiger partial charge >= 0.3 is 5.69 Å². The fraction of sp³-hybridized carbons (Fsp3) is 0.556. The van der Waals surface area contributed by atoms with E-state index in [0.29, 0.717) is 0 Å². The van der Waals surface area contributed by atoms with Crippen LogP contribution in [0.2, 0.25) is 0 Å². The lowest BCUT2D eigenvalue weighted by Crippen LogP contribution is -2.37. The third kappa shape index (κ3) is 3.79. The van der Waals surface area contributed by atoms with Crippen molar-refractivity contribution in [3.8, 4) is 0 Å². The number of hydrogen-bond acceptors (Lipinski definition) is 6. The summed E-state index contributed by atoms with van der Waals surface area (Å²) in [5, 5.41) is 26.8. The van der Waals surface area contributed by atoms with Crippen molar-refractivity contribution in [1.29, 1.82) is 0 Å². The Kier molecular flexibility index (Phi) is 5.04. The van der Waals surface area contributed by atoms with Crippen molar-refractivity contribution in [3.05, 3.63) is 33.1 Å². The van der Waals surface area contributed by atoms with Gasteiger partial charge in [-0.25, -0.2) is 4.79 Å². The van der Waals surface area contributed by atoms with Crippen LogP contribution in [-0.4, -0.2) is 50.3 Å². The summed E-state index contributed by atoms with van der Waals surface area (Å²) in [5.74, 6) is 0. The summed E-state index contributed by atoms with van der Waals surface area (Å²) in [6, 6.07) is 1.14. The normalized spacial score (nSPS) is 14.5. The Hall–Kier alpha value is -1.48. The lowest BCUT2D eigenvalue weighted by Gasteiger charge is -2.19. The summed E-state index contributed by atoms with van der Waals surface area (Å²) in [6.45, 7) is -1.32. The van der Waals surface area contributed by atoms with Gasteiger partial charge in [0.1, 0.15) is 18.9 Å². The molecule has 0 aromatic carbocycles. The van der Waals surface area contributed by atoms with E-state index in [1.165, 1.54) is 6.20 Å². The summed E-state index contributed by atoms with van der Waals surface area (Å²) in [4.78, 5) is 24.0. The molecule has 8 nitrogen and oxygen atoms in total. The minimum atomic E-state index is -1.24. The van der Waals surface area contributed by atoms with Gasteiger partial charge in [-0.1, -0.05) is 0 Å². The monoisotopic (exact) mass is 246 g/mol. The summed E-state index contributed by atoms with van der Waals surface area (Å²) >= 11 is 0. The van der Waals surface area contributed by atoms with Gasteiger partial charge in [0.15, 0.2) is 0 Å². The van der Waals surface area contributed by atoms with Crippen LogP contribution >= 0.6 is 0 Å². The Morgan fingerprint density at radius 3 is 2.59 bits per heavy atom.